The number of hydrogen-bond donors (Lipinski definition) is 0. The molecule has 1 aromatic heterocycles. The predicted octanol–water partition coefficient (Wildman–Crippen LogP) is 2.35. The van der Waals surface area contributed by atoms with Gasteiger partial charge < -0.3 is 13.9 Å². The summed E-state index contributed by atoms with van der Waals surface area (Å²) in [7, 11) is 0. The van der Waals surface area contributed by atoms with E-state index in [1.54, 1.807) is 6.26 Å². The Balaban J connectivity index is 2.53. The van der Waals surface area contributed by atoms with E-state index in [1.165, 1.54) is 0 Å². The van der Waals surface area contributed by atoms with Crippen LogP contribution in [-0.2, 0) is 9.47 Å². The Bertz CT molecular complexity index is 188. The summed E-state index contributed by atoms with van der Waals surface area (Å²) in [5.41, 5.74) is 0. The van der Waals surface area contributed by atoms with Gasteiger partial charge >= 0.3 is 0 Å². The normalized spacial score (nSPS) is 10.9. The fourth-order valence-corrected chi connectivity index (χ4v) is 0.941. The molecule has 0 saturated carbocycles. The van der Waals surface area contributed by atoms with E-state index in [9.17, 15) is 0 Å². The van der Waals surface area contributed by atoms with Gasteiger partial charge in [-0.15, -0.1) is 0 Å². The van der Waals surface area contributed by atoms with Crippen LogP contribution in [-0.4, -0.2) is 13.2 Å². The first-order valence-electron chi connectivity index (χ1n) is 4.15. The molecule has 0 saturated heterocycles. The zero-order valence-corrected chi connectivity index (χ0v) is 7.45. The second kappa shape index (κ2) is 4.95. The van der Waals surface area contributed by atoms with Crippen molar-refractivity contribution in [1.82, 2.24) is 0 Å². The topological polar surface area (TPSA) is 31.6 Å². The second-order valence-corrected chi connectivity index (χ2v) is 2.26. The molecule has 0 aliphatic rings. The van der Waals surface area contributed by atoms with Crippen LogP contribution in [0.15, 0.2) is 22.8 Å². The van der Waals surface area contributed by atoms with E-state index in [0.29, 0.717) is 13.2 Å². The van der Waals surface area contributed by atoms with Crippen LogP contribution < -0.4 is 0 Å². The van der Waals surface area contributed by atoms with E-state index in [4.69, 9.17) is 13.9 Å². The third-order valence-electron chi connectivity index (χ3n) is 1.41. The van der Waals surface area contributed by atoms with E-state index in [2.05, 4.69) is 0 Å². The molecule has 1 aromatic rings. The van der Waals surface area contributed by atoms with Crippen LogP contribution in [0.4, 0.5) is 0 Å². The molecular formula is C9H14O3. The Hall–Kier alpha value is -0.800. The minimum absolute atomic E-state index is 0.352. The smallest absolute Gasteiger partial charge is 0.217 e. The molecule has 3 nitrogen and oxygen atoms in total. The molecule has 0 amide bonds. The van der Waals surface area contributed by atoms with Crippen LogP contribution in [0.3, 0.4) is 0 Å². The maximum Gasteiger partial charge on any atom is 0.217 e. The van der Waals surface area contributed by atoms with Gasteiger partial charge in [0.2, 0.25) is 6.29 Å². The van der Waals surface area contributed by atoms with Gasteiger partial charge in [0.25, 0.3) is 0 Å². The van der Waals surface area contributed by atoms with Crippen LogP contribution in [0.2, 0.25) is 0 Å². The predicted molar refractivity (Wildman–Crippen MR) is 44.7 cm³/mol. The Morgan fingerprint density at radius 2 is 2.00 bits per heavy atom. The maximum atomic E-state index is 5.31. The van der Waals surface area contributed by atoms with Gasteiger partial charge in [0, 0.05) is 13.2 Å². The molecule has 0 atom stereocenters. The summed E-state index contributed by atoms with van der Waals surface area (Å²) >= 11 is 0. The fraction of sp³-hybridized carbons (Fsp3) is 0.556. The van der Waals surface area contributed by atoms with Crippen molar-refractivity contribution in [1.29, 1.82) is 0 Å². The fourth-order valence-electron chi connectivity index (χ4n) is 0.941. The summed E-state index contributed by atoms with van der Waals surface area (Å²) < 4.78 is 15.8. The minimum atomic E-state index is -0.352. The van der Waals surface area contributed by atoms with E-state index < -0.39 is 0 Å². The van der Waals surface area contributed by atoms with Crippen LogP contribution >= 0.6 is 0 Å². The van der Waals surface area contributed by atoms with Crippen molar-refractivity contribution in [2.45, 2.75) is 20.1 Å². The molecule has 1 heterocycles. The largest absolute Gasteiger partial charge is 0.464 e. The van der Waals surface area contributed by atoms with Gasteiger partial charge in [-0.05, 0) is 26.0 Å². The molecule has 3 heteroatoms. The molecule has 0 unspecified atom stereocenters. The molecule has 0 spiro atoms. The molecule has 0 aromatic carbocycles. The van der Waals surface area contributed by atoms with Crippen molar-refractivity contribution in [3.63, 3.8) is 0 Å². The SMILES string of the molecule is CCOC(OCC)c1ccco1. The molecule has 0 fully saturated rings. The average Bonchev–Trinajstić information content (AvgIpc) is 2.56. The Kier molecular flexibility index (Phi) is 3.84. The van der Waals surface area contributed by atoms with Crippen molar-refractivity contribution < 1.29 is 13.9 Å². The second-order valence-electron chi connectivity index (χ2n) is 2.26. The van der Waals surface area contributed by atoms with Gasteiger partial charge in [-0.3, -0.25) is 0 Å². The van der Waals surface area contributed by atoms with Gasteiger partial charge in [-0.2, -0.15) is 0 Å². The number of furan rings is 1. The van der Waals surface area contributed by atoms with Gasteiger partial charge in [-0.1, -0.05) is 0 Å². The summed E-state index contributed by atoms with van der Waals surface area (Å²) in [6.07, 6.45) is 1.26. The minimum Gasteiger partial charge on any atom is -0.464 e. The zero-order valence-electron chi connectivity index (χ0n) is 7.45. The first-order chi connectivity index (χ1) is 5.88. The van der Waals surface area contributed by atoms with E-state index in [0.717, 1.165) is 5.76 Å². The van der Waals surface area contributed by atoms with Crippen molar-refractivity contribution in [2.75, 3.05) is 13.2 Å². The van der Waals surface area contributed by atoms with Crippen molar-refractivity contribution >= 4 is 0 Å². The van der Waals surface area contributed by atoms with Crippen molar-refractivity contribution in [3.05, 3.63) is 24.2 Å². The highest BCUT2D eigenvalue weighted by Crippen LogP contribution is 2.18. The summed E-state index contributed by atoms with van der Waals surface area (Å²) in [4.78, 5) is 0. The highest BCUT2D eigenvalue weighted by atomic mass is 16.7. The molecular weight excluding hydrogens is 156 g/mol. The molecule has 1 rings (SSSR count). The summed E-state index contributed by atoms with van der Waals surface area (Å²) in [6.45, 7) is 5.08. The lowest BCUT2D eigenvalue weighted by Crippen LogP contribution is -2.07. The van der Waals surface area contributed by atoms with Gasteiger partial charge in [-0.25, -0.2) is 0 Å². The molecule has 0 radical (unpaired) electrons. The van der Waals surface area contributed by atoms with Gasteiger partial charge in [0.1, 0.15) is 0 Å². The molecule has 68 valence electrons. The number of ether oxygens (including phenoxy) is 2. The van der Waals surface area contributed by atoms with Crippen LogP contribution in [0.1, 0.15) is 25.9 Å². The lowest BCUT2D eigenvalue weighted by molar-refractivity contribution is -0.150. The Labute approximate surface area is 72.3 Å². The third-order valence-corrected chi connectivity index (χ3v) is 1.41. The Morgan fingerprint density at radius 1 is 1.33 bits per heavy atom. The summed E-state index contributed by atoms with van der Waals surface area (Å²) in [5.74, 6) is 0.721. The van der Waals surface area contributed by atoms with Crippen LogP contribution in [0, 0.1) is 0 Å². The van der Waals surface area contributed by atoms with Crippen molar-refractivity contribution in [3.8, 4) is 0 Å². The number of rotatable bonds is 5. The molecule has 0 N–H and O–H groups in total. The summed E-state index contributed by atoms with van der Waals surface area (Å²) in [5, 5.41) is 0. The van der Waals surface area contributed by atoms with Gasteiger partial charge in [0.15, 0.2) is 5.76 Å². The lowest BCUT2D eigenvalue weighted by Gasteiger charge is -2.13. The first-order valence-corrected chi connectivity index (χ1v) is 4.15. The molecule has 0 bridgehead atoms. The molecule has 0 aliphatic heterocycles. The quantitative estimate of drug-likeness (QED) is 0.636. The van der Waals surface area contributed by atoms with E-state index >= 15 is 0 Å². The number of hydrogen-bond acceptors (Lipinski definition) is 3. The van der Waals surface area contributed by atoms with Crippen LogP contribution in [0.25, 0.3) is 0 Å². The lowest BCUT2D eigenvalue weighted by atomic mass is 10.4. The highest BCUT2D eigenvalue weighted by Gasteiger charge is 2.12. The van der Waals surface area contributed by atoms with E-state index in [-0.39, 0.29) is 6.29 Å². The monoisotopic (exact) mass is 170 g/mol. The highest BCUT2D eigenvalue weighted by molar-refractivity contribution is 4.99. The third kappa shape index (κ3) is 2.36. The molecule has 0 aliphatic carbocycles. The van der Waals surface area contributed by atoms with E-state index in [1.807, 2.05) is 26.0 Å². The summed E-state index contributed by atoms with van der Waals surface area (Å²) in [6, 6.07) is 3.66. The average molecular weight is 170 g/mol. The standard InChI is InChI=1S/C9H14O3/c1-3-10-9(11-4-2)8-6-5-7-12-8/h5-7,9H,3-4H2,1-2H3. The molecule has 12 heavy (non-hydrogen) atoms. The zero-order chi connectivity index (χ0) is 8.81. The van der Waals surface area contributed by atoms with Gasteiger partial charge in [0.05, 0.1) is 6.26 Å². The first kappa shape index (κ1) is 9.29. The van der Waals surface area contributed by atoms with Crippen LogP contribution in [0.5, 0.6) is 0 Å². The Morgan fingerprint density at radius 3 is 2.42 bits per heavy atom. The van der Waals surface area contributed by atoms with Crippen molar-refractivity contribution in [2.24, 2.45) is 0 Å². The maximum absolute atomic E-state index is 5.31.